The molecule has 1 aromatic rings. The molecule has 2 heterocycles. The molecule has 2 bridgehead atoms. The summed E-state index contributed by atoms with van der Waals surface area (Å²) in [4.78, 5) is 30.3. The molecule has 1 amide bonds. The van der Waals surface area contributed by atoms with E-state index in [0.717, 1.165) is 29.5 Å². The number of rotatable bonds is 4. The number of unbranched alkanes of at least 4 members (excludes halogenated alkanes) is 1. The standard InChI is InChI=1S/C21H32N2O3S/c1-8-9-10-14-13-23(18(2,3)4)27-15(14)22-16(24)21-12-11-20(7,17(25)26-21)19(21,5)6/h13H,8-12H2,1-7H3/b22-15-/t20-,21+/m0/s1. The van der Waals surface area contributed by atoms with Gasteiger partial charge in [0.2, 0.25) is 0 Å². The molecule has 150 valence electrons. The SMILES string of the molecule is CCCCc1cn(C(C)(C)C)s/c1=N\C(=O)[C@@]12CC[C@@](C)(C(=O)O1)C2(C)C. The molecule has 0 unspecified atom stereocenters. The molecule has 1 saturated carbocycles. The highest BCUT2D eigenvalue weighted by molar-refractivity contribution is 7.04. The molecule has 27 heavy (non-hydrogen) atoms. The van der Waals surface area contributed by atoms with Crippen molar-refractivity contribution in [3.63, 3.8) is 0 Å². The molecular weight excluding hydrogens is 360 g/mol. The lowest BCUT2D eigenvalue weighted by atomic mass is 9.66. The van der Waals surface area contributed by atoms with Gasteiger partial charge in [-0.1, -0.05) is 27.2 Å². The predicted octanol–water partition coefficient (Wildman–Crippen LogP) is 4.20. The fraction of sp³-hybridized carbons (Fsp3) is 0.762. The summed E-state index contributed by atoms with van der Waals surface area (Å²) in [7, 11) is 0. The Bertz CT molecular complexity index is 842. The Morgan fingerprint density at radius 3 is 2.44 bits per heavy atom. The van der Waals surface area contributed by atoms with Gasteiger partial charge in [0.25, 0.3) is 5.91 Å². The van der Waals surface area contributed by atoms with Crippen LogP contribution in [0.5, 0.6) is 0 Å². The second kappa shape index (κ2) is 6.29. The van der Waals surface area contributed by atoms with Crippen molar-refractivity contribution in [3.05, 3.63) is 16.4 Å². The number of carbonyl (C=O) groups is 2. The summed E-state index contributed by atoms with van der Waals surface area (Å²) in [6, 6.07) is 0. The Labute approximate surface area is 166 Å². The largest absolute Gasteiger partial charge is 0.448 e. The number of hydrogen-bond donors (Lipinski definition) is 0. The second-order valence-electron chi connectivity index (χ2n) is 9.74. The first-order chi connectivity index (χ1) is 12.4. The average molecular weight is 393 g/mol. The van der Waals surface area contributed by atoms with Crippen LogP contribution in [-0.2, 0) is 26.3 Å². The van der Waals surface area contributed by atoms with Crippen LogP contribution in [-0.4, -0.2) is 21.4 Å². The molecule has 1 saturated heterocycles. The summed E-state index contributed by atoms with van der Waals surface area (Å²) in [6.07, 6.45) is 6.40. The first kappa shape index (κ1) is 20.3. The lowest BCUT2D eigenvalue weighted by Gasteiger charge is -2.33. The van der Waals surface area contributed by atoms with Crippen LogP contribution in [0, 0.1) is 10.8 Å². The molecule has 1 aromatic heterocycles. The Morgan fingerprint density at radius 1 is 1.30 bits per heavy atom. The quantitative estimate of drug-likeness (QED) is 0.722. The molecule has 2 fully saturated rings. The van der Waals surface area contributed by atoms with Gasteiger partial charge < -0.3 is 4.74 Å². The van der Waals surface area contributed by atoms with Crippen LogP contribution in [0.15, 0.2) is 11.2 Å². The van der Waals surface area contributed by atoms with Crippen molar-refractivity contribution in [2.75, 3.05) is 0 Å². The number of hydrogen-bond acceptors (Lipinski definition) is 4. The van der Waals surface area contributed by atoms with E-state index in [0.29, 0.717) is 12.8 Å². The van der Waals surface area contributed by atoms with Gasteiger partial charge in [0.15, 0.2) is 5.60 Å². The minimum atomic E-state index is -1.13. The van der Waals surface area contributed by atoms with E-state index in [9.17, 15) is 9.59 Å². The molecular formula is C21H32N2O3S. The summed E-state index contributed by atoms with van der Waals surface area (Å²) in [5.74, 6) is -0.563. The smallest absolute Gasteiger partial charge is 0.313 e. The highest BCUT2D eigenvalue weighted by Crippen LogP contribution is 2.65. The van der Waals surface area contributed by atoms with Crippen molar-refractivity contribution in [1.82, 2.24) is 3.96 Å². The molecule has 2 atom stereocenters. The first-order valence-corrected chi connectivity index (χ1v) is 10.7. The second-order valence-corrected chi connectivity index (χ2v) is 10.7. The predicted molar refractivity (Wildman–Crippen MR) is 106 cm³/mol. The van der Waals surface area contributed by atoms with Crippen molar-refractivity contribution in [2.24, 2.45) is 15.8 Å². The van der Waals surface area contributed by atoms with E-state index in [-0.39, 0.29) is 17.4 Å². The van der Waals surface area contributed by atoms with Gasteiger partial charge >= 0.3 is 5.97 Å². The van der Waals surface area contributed by atoms with Gasteiger partial charge in [-0.05, 0) is 64.9 Å². The van der Waals surface area contributed by atoms with Gasteiger partial charge in [0, 0.05) is 22.7 Å². The van der Waals surface area contributed by atoms with E-state index in [1.54, 1.807) is 0 Å². The Hall–Kier alpha value is -1.43. The van der Waals surface area contributed by atoms with Crippen molar-refractivity contribution < 1.29 is 14.3 Å². The first-order valence-electron chi connectivity index (χ1n) is 9.94. The number of amides is 1. The Kier molecular flexibility index (Phi) is 4.73. The molecule has 2 aliphatic rings. The number of nitrogens with zero attached hydrogens (tertiary/aromatic N) is 2. The van der Waals surface area contributed by atoms with Crippen molar-refractivity contribution >= 4 is 23.4 Å². The molecule has 1 aliphatic heterocycles. The van der Waals surface area contributed by atoms with Crippen LogP contribution in [0.1, 0.15) is 79.7 Å². The van der Waals surface area contributed by atoms with Crippen molar-refractivity contribution in [3.8, 4) is 0 Å². The van der Waals surface area contributed by atoms with E-state index >= 15 is 0 Å². The number of fused-ring (bicyclic) bond motifs is 2. The minimum absolute atomic E-state index is 0.0637. The maximum atomic E-state index is 13.3. The number of esters is 1. The number of carbonyl (C=O) groups excluding carboxylic acids is 2. The molecule has 1 aliphatic carbocycles. The lowest BCUT2D eigenvalue weighted by Crippen LogP contribution is -2.47. The van der Waals surface area contributed by atoms with E-state index in [1.165, 1.54) is 11.5 Å². The van der Waals surface area contributed by atoms with Crippen LogP contribution in [0.25, 0.3) is 0 Å². The molecule has 6 heteroatoms. The normalized spacial score (nSPS) is 30.0. The third-order valence-corrected chi connectivity index (χ3v) is 8.20. The molecule has 0 spiro atoms. The van der Waals surface area contributed by atoms with Gasteiger partial charge in [0.1, 0.15) is 4.67 Å². The van der Waals surface area contributed by atoms with Crippen molar-refractivity contribution in [1.29, 1.82) is 0 Å². The average Bonchev–Trinajstić information content (AvgIpc) is 3.10. The molecule has 3 rings (SSSR count). The van der Waals surface area contributed by atoms with Crippen LogP contribution >= 0.6 is 11.5 Å². The van der Waals surface area contributed by atoms with E-state index < -0.39 is 16.4 Å². The van der Waals surface area contributed by atoms with Crippen LogP contribution < -0.4 is 4.67 Å². The zero-order valence-corrected chi connectivity index (χ0v) is 18.5. The third-order valence-electron chi connectivity index (χ3n) is 6.83. The van der Waals surface area contributed by atoms with Gasteiger partial charge in [-0.25, -0.2) is 0 Å². The molecule has 0 aromatic carbocycles. The lowest BCUT2D eigenvalue weighted by molar-refractivity contribution is -0.166. The molecule has 0 radical (unpaired) electrons. The van der Waals surface area contributed by atoms with E-state index in [4.69, 9.17) is 4.74 Å². The number of aryl methyl sites for hydroxylation is 1. The topological polar surface area (TPSA) is 60.7 Å². The van der Waals surface area contributed by atoms with Gasteiger partial charge in [-0.15, -0.1) is 0 Å². The fourth-order valence-corrected chi connectivity index (χ4v) is 5.28. The minimum Gasteiger partial charge on any atom is -0.448 e. The number of aromatic nitrogens is 1. The fourth-order valence-electron chi connectivity index (χ4n) is 4.24. The van der Waals surface area contributed by atoms with Crippen molar-refractivity contribution in [2.45, 2.75) is 91.7 Å². The third kappa shape index (κ3) is 2.82. The van der Waals surface area contributed by atoms with Crippen LogP contribution in [0.3, 0.4) is 0 Å². The summed E-state index contributed by atoms with van der Waals surface area (Å²) < 4.78 is 8.62. The summed E-state index contributed by atoms with van der Waals surface area (Å²) in [6.45, 7) is 14.4. The van der Waals surface area contributed by atoms with Crippen LogP contribution in [0.4, 0.5) is 0 Å². The molecule has 0 N–H and O–H groups in total. The van der Waals surface area contributed by atoms with Gasteiger partial charge in [0.05, 0.1) is 5.41 Å². The zero-order chi connectivity index (χ0) is 20.3. The monoisotopic (exact) mass is 392 g/mol. The Balaban J connectivity index is 2.05. The molecule has 5 nitrogen and oxygen atoms in total. The van der Waals surface area contributed by atoms with Gasteiger partial charge in [-0.3, -0.25) is 13.5 Å². The van der Waals surface area contributed by atoms with Crippen LogP contribution in [0.2, 0.25) is 0 Å². The summed E-state index contributed by atoms with van der Waals surface area (Å²) in [5.41, 5.74) is -1.25. The van der Waals surface area contributed by atoms with E-state index in [1.807, 2.05) is 20.8 Å². The maximum absolute atomic E-state index is 13.3. The highest BCUT2D eigenvalue weighted by atomic mass is 32.1. The Morgan fingerprint density at radius 2 is 1.96 bits per heavy atom. The van der Waals surface area contributed by atoms with E-state index in [2.05, 4.69) is 42.8 Å². The maximum Gasteiger partial charge on any atom is 0.313 e. The van der Waals surface area contributed by atoms with Gasteiger partial charge in [-0.2, -0.15) is 4.99 Å². The zero-order valence-electron chi connectivity index (χ0n) is 17.6. The summed E-state index contributed by atoms with van der Waals surface area (Å²) >= 11 is 1.52. The highest BCUT2D eigenvalue weighted by Gasteiger charge is 2.75. The summed E-state index contributed by atoms with van der Waals surface area (Å²) in [5, 5.41) is 0. The number of ether oxygens (including phenoxy) is 1.